The molecule has 0 atom stereocenters. The second-order valence-corrected chi connectivity index (χ2v) is 4.55. The first-order valence-electron chi connectivity index (χ1n) is 5.65. The minimum Gasteiger partial charge on any atom is -0.333 e. The fourth-order valence-corrected chi connectivity index (χ4v) is 1.81. The van der Waals surface area contributed by atoms with Crippen molar-refractivity contribution in [1.29, 1.82) is 0 Å². The Kier molecular flexibility index (Phi) is 4.03. The maximum atomic E-state index is 12.7. The highest BCUT2D eigenvalue weighted by atomic mass is 35.5. The molecular weight excluding hydrogens is 292 g/mol. The minimum absolute atomic E-state index is 0.0512. The molecule has 0 bridgehead atoms. The summed E-state index contributed by atoms with van der Waals surface area (Å²) < 4.78 is 27.4. The number of nitrogens with zero attached hydrogens (tertiary/aromatic N) is 5. The van der Waals surface area contributed by atoms with Gasteiger partial charge in [-0.1, -0.05) is 11.6 Å². The third-order valence-corrected chi connectivity index (χ3v) is 3.08. The van der Waals surface area contributed by atoms with E-state index in [1.165, 1.54) is 28.9 Å². The van der Waals surface area contributed by atoms with E-state index < -0.39 is 12.5 Å². The highest BCUT2D eigenvalue weighted by Gasteiger charge is 2.19. The van der Waals surface area contributed by atoms with Crippen LogP contribution in [0, 0.1) is 0 Å². The van der Waals surface area contributed by atoms with Gasteiger partial charge in [0.1, 0.15) is 11.0 Å². The molecule has 20 heavy (non-hydrogen) atoms. The second-order valence-electron chi connectivity index (χ2n) is 4.17. The fourth-order valence-electron chi connectivity index (χ4n) is 1.67. The van der Waals surface area contributed by atoms with Crippen LogP contribution in [0.25, 0.3) is 0 Å². The van der Waals surface area contributed by atoms with E-state index in [2.05, 4.69) is 10.1 Å². The number of carbonyl (C=O) groups is 1. The summed E-state index contributed by atoms with van der Waals surface area (Å²) in [6, 6.07) is 1.42. The summed E-state index contributed by atoms with van der Waals surface area (Å²) in [4.78, 5) is 17.1. The van der Waals surface area contributed by atoms with Gasteiger partial charge in [0.15, 0.2) is 5.69 Å². The van der Waals surface area contributed by atoms with Gasteiger partial charge in [-0.25, -0.2) is 4.98 Å². The van der Waals surface area contributed by atoms with E-state index in [0.29, 0.717) is 9.72 Å². The van der Waals surface area contributed by atoms with E-state index in [0.717, 1.165) is 6.20 Å². The SMILES string of the molecule is CN(Cc1nccn1C(F)F)C(=O)c1cc(Cl)n(C)n1. The second kappa shape index (κ2) is 5.58. The van der Waals surface area contributed by atoms with E-state index in [9.17, 15) is 13.6 Å². The number of rotatable bonds is 4. The van der Waals surface area contributed by atoms with Crippen LogP contribution in [0.3, 0.4) is 0 Å². The van der Waals surface area contributed by atoms with Crippen LogP contribution in [-0.2, 0) is 13.6 Å². The molecule has 2 aromatic rings. The molecule has 0 saturated carbocycles. The van der Waals surface area contributed by atoms with Gasteiger partial charge in [-0.15, -0.1) is 0 Å². The number of aromatic nitrogens is 4. The van der Waals surface area contributed by atoms with E-state index in [-0.39, 0.29) is 18.1 Å². The van der Waals surface area contributed by atoms with Crippen LogP contribution in [0.2, 0.25) is 5.15 Å². The van der Waals surface area contributed by atoms with Gasteiger partial charge in [0.05, 0.1) is 6.54 Å². The quantitative estimate of drug-likeness (QED) is 0.867. The van der Waals surface area contributed by atoms with Crippen LogP contribution < -0.4 is 0 Å². The molecule has 2 heterocycles. The smallest absolute Gasteiger partial charge is 0.319 e. The third-order valence-electron chi connectivity index (χ3n) is 2.73. The zero-order valence-electron chi connectivity index (χ0n) is 10.8. The molecule has 0 N–H and O–H groups in total. The summed E-state index contributed by atoms with van der Waals surface area (Å²) in [6.07, 6.45) is 2.42. The molecule has 0 aromatic carbocycles. The van der Waals surface area contributed by atoms with Crippen molar-refractivity contribution in [2.45, 2.75) is 13.1 Å². The van der Waals surface area contributed by atoms with Crippen molar-refractivity contribution in [3.05, 3.63) is 35.1 Å². The van der Waals surface area contributed by atoms with Crippen molar-refractivity contribution in [3.8, 4) is 0 Å². The lowest BCUT2D eigenvalue weighted by molar-refractivity contribution is 0.0611. The summed E-state index contributed by atoms with van der Waals surface area (Å²) >= 11 is 5.80. The minimum atomic E-state index is -2.69. The molecule has 2 aromatic heterocycles. The molecule has 0 saturated heterocycles. The number of aryl methyl sites for hydroxylation is 1. The molecule has 0 aliphatic rings. The number of amides is 1. The zero-order chi connectivity index (χ0) is 14.9. The van der Waals surface area contributed by atoms with Crippen LogP contribution >= 0.6 is 11.6 Å². The topological polar surface area (TPSA) is 56.0 Å². The van der Waals surface area contributed by atoms with Crippen molar-refractivity contribution < 1.29 is 13.6 Å². The maximum Gasteiger partial charge on any atom is 0.319 e. The number of hydrogen-bond acceptors (Lipinski definition) is 3. The van der Waals surface area contributed by atoms with Gasteiger partial charge in [-0.05, 0) is 0 Å². The summed E-state index contributed by atoms with van der Waals surface area (Å²) in [5, 5.41) is 4.25. The molecule has 0 aliphatic heterocycles. The molecule has 6 nitrogen and oxygen atoms in total. The van der Waals surface area contributed by atoms with E-state index in [4.69, 9.17) is 11.6 Å². The average Bonchev–Trinajstić information content (AvgIpc) is 2.96. The maximum absolute atomic E-state index is 12.7. The molecular formula is C11H12ClF2N5O. The molecule has 0 fully saturated rings. The third kappa shape index (κ3) is 2.79. The first-order chi connectivity index (χ1) is 9.40. The lowest BCUT2D eigenvalue weighted by atomic mass is 10.3. The van der Waals surface area contributed by atoms with E-state index >= 15 is 0 Å². The van der Waals surface area contributed by atoms with Crippen molar-refractivity contribution in [3.63, 3.8) is 0 Å². The Balaban J connectivity index is 2.13. The average molecular weight is 304 g/mol. The van der Waals surface area contributed by atoms with Gasteiger partial charge in [0.25, 0.3) is 5.91 Å². The number of imidazole rings is 1. The first-order valence-corrected chi connectivity index (χ1v) is 6.03. The summed E-state index contributed by atoms with van der Waals surface area (Å²) in [5.74, 6) is -0.325. The Morgan fingerprint density at radius 1 is 1.55 bits per heavy atom. The van der Waals surface area contributed by atoms with Crippen LogP contribution in [0.15, 0.2) is 18.5 Å². The van der Waals surface area contributed by atoms with Gasteiger partial charge < -0.3 is 4.90 Å². The van der Waals surface area contributed by atoms with Crippen LogP contribution in [0.5, 0.6) is 0 Å². The monoisotopic (exact) mass is 303 g/mol. The molecule has 0 radical (unpaired) electrons. The molecule has 0 aliphatic carbocycles. The van der Waals surface area contributed by atoms with Gasteiger partial charge in [-0.3, -0.25) is 14.0 Å². The van der Waals surface area contributed by atoms with Gasteiger partial charge in [0, 0.05) is 32.6 Å². The fraction of sp³-hybridized carbons (Fsp3) is 0.364. The van der Waals surface area contributed by atoms with Crippen LogP contribution in [0.1, 0.15) is 22.9 Å². The summed E-state index contributed by atoms with van der Waals surface area (Å²) in [7, 11) is 3.08. The number of hydrogen-bond donors (Lipinski definition) is 0. The highest BCUT2D eigenvalue weighted by Crippen LogP contribution is 2.15. The van der Waals surface area contributed by atoms with Gasteiger partial charge in [-0.2, -0.15) is 13.9 Å². The largest absolute Gasteiger partial charge is 0.333 e. The van der Waals surface area contributed by atoms with Crippen molar-refractivity contribution in [1.82, 2.24) is 24.2 Å². The number of alkyl halides is 2. The molecule has 0 unspecified atom stereocenters. The number of halogens is 3. The Labute approximate surface area is 118 Å². The molecule has 1 amide bonds. The molecule has 108 valence electrons. The molecule has 2 rings (SSSR count). The Bertz CT molecular complexity index is 605. The van der Waals surface area contributed by atoms with Gasteiger partial charge in [0.2, 0.25) is 0 Å². The molecule has 0 spiro atoms. The number of carbonyl (C=O) groups excluding carboxylic acids is 1. The Hall–Kier alpha value is -1.96. The Morgan fingerprint density at radius 3 is 2.80 bits per heavy atom. The van der Waals surface area contributed by atoms with Gasteiger partial charge >= 0.3 is 6.55 Å². The van der Waals surface area contributed by atoms with E-state index in [1.807, 2.05) is 0 Å². The summed E-state index contributed by atoms with van der Waals surface area (Å²) in [5.41, 5.74) is 0.148. The van der Waals surface area contributed by atoms with Crippen molar-refractivity contribution in [2.75, 3.05) is 7.05 Å². The van der Waals surface area contributed by atoms with E-state index in [1.54, 1.807) is 7.05 Å². The predicted molar refractivity (Wildman–Crippen MR) is 67.5 cm³/mol. The molecule has 9 heteroatoms. The normalized spacial score (nSPS) is 11.1. The lowest BCUT2D eigenvalue weighted by Crippen LogP contribution is -2.28. The Morgan fingerprint density at radius 2 is 2.25 bits per heavy atom. The van der Waals surface area contributed by atoms with Crippen LogP contribution in [-0.4, -0.2) is 37.2 Å². The lowest BCUT2D eigenvalue weighted by Gasteiger charge is -2.16. The van der Waals surface area contributed by atoms with Crippen molar-refractivity contribution >= 4 is 17.5 Å². The zero-order valence-corrected chi connectivity index (χ0v) is 11.6. The predicted octanol–water partition coefficient (Wildman–Crippen LogP) is 1.94. The standard InChI is InChI=1S/C11H12ClF2N5O/c1-17(6-9-15-3-4-19(9)11(13)14)10(20)7-5-8(12)18(2)16-7/h3-5,11H,6H2,1-2H3. The summed E-state index contributed by atoms with van der Waals surface area (Å²) in [6.45, 7) is -2.75. The highest BCUT2D eigenvalue weighted by molar-refractivity contribution is 6.29. The van der Waals surface area contributed by atoms with Crippen LogP contribution in [0.4, 0.5) is 8.78 Å². The van der Waals surface area contributed by atoms with Crippen molar-refractivity contribution in [2.24, 2.45) is 7.05 Å². The first kappa shape index (κ1) is 14.4.